The molecule has 0 unspecified atom stereocenters. The summed E-state index contributed by atoms with van der Waals surface area (Å²) in [5.74, 6) is -0.609. The number of nitrogens with zero attached hydrogens (tertiary/aromatic N) is 1. The van der Waals surface area contributed by atoms with Crippen molar-refractivity contribution in [1.82, 2.24) is 15.8 Å². The van der Waals surface area contributed by atoms with Gasteiger partial charge in [-0.15, -0.1) is 11.3 Å². The van der Waals surface area contributed by atoms with Crippen LogP contribution in [0.4, 0.5) is 5.13 Å². The van der Waals surface area contributed by atoms with Crippen molar-refractivity contribution in [2.45, 2.75) is 34.1 Å². The van der Waals surface area contributed by atoms with E-state index in [9.17, 15) is 14.4 Å². The molecule has 9 heteroatoms. The molecule has 0 aliphatic rings. The summed E-state index contributed by atoms with van der Waals surface area (Å²) in [5.41, 5.74) is 7.32. The zero-order valence-corrected chi connectivity index (χ0v) is 17.1. The Bertz CT molecular complexity index is 863. The van der Waals surface area contributed by atoms with E-state index >= 15 is 0 Å². The molecular formula is C19H24N4O4S. The van der Waals surface area contributed by atoms with Crippen molar-refractivity contribution in [2.24, 2.45) is 5.92 Å². The Hall–Kier alpha value is -2.94. The largest absolute Gasteiger partial charge is 0.484 e. The number of rotatable bonds is 7. The van der Waals surface area contributed by atoms with Gasteiger partial charge in [-0.2, -0.15) is 0 Å². The smallest absolute Gasteiger partial charge is 0.276 e. The van der Waals surface area contributed by atoms with Gasteiger partial charge in [0.05, 0.1) is 12.1 Å². The number of aryl methyl sites for hydroxylation is 2. The molecule has 2 rings (SSSR count). The normalized spacial score (nSPS) is 10.5. The third-order valence-corrected chi connectivity index (χ3v) is 4.64. The van der Waals surface area contributed by atoms with Crippen LogP contribution in [0, 0.1) is 19.8 Å². The molecule has 1 aromatic heterocycles. The lowest BCUT2D eigenvalue weighted by atomic mass is 10.1. The maximum Gasteiger partial charge on any atom is 0.276 e. The fourth-order valence-corrected chi connectivity index (χ4v) is 2.75. The van der Waals surface area contributed by atoms with Crippen LogP contribution in [0.2, 0.25) is 0 Å². The molecule has 1 heterocycles. The number of thiazole rings is 1. The number of hydrogen-bond donors (Lipinski definition) is 3. The molecule has 3 amide bonds. The third-order valence-electron chi connectivity index (χ3n) is 3.84. The van der Waals surface area contributed by atoms with Gasteiger partial charge >= 0.3 is 0 Å². The van der Waals surface area contributed by atoms with Crippen molar-refractivity contribution in [3.8, 4) is 5.75 Å². The van der Waals surface area contributed by atoms with Gasteiger partial charge in [-0.25, -0.2) is 4.98 Å². The molecule has 1 aromatic carbocycles. The fraction of sp³-hybridized carbons (Fsp3) is 0.368. The Morgan fingerprint density at radius 3 is 2.50 bits per heavy atom. The van der Waals surface area contributed by atoms with E-state index in [0.717, 1.165) is 11.1 Å². The summed E-state index contributed by atoms with van der Waals surface area (Å²) in [6.45, 7) is 7.30. The number of amides is 3. The highest BCUT2D eigenvalue weighted by atomic mass is 32.1. The molecule has 0 bridgehead atoms. The highest BCUT2D eigenvalue weighted by molar-refractivity contribution is 7.13. The summed E-state index contributed by atoms with van der Waals surface area (Å²) in [6, 6.07) is 5.54. The minimum atomic E-state index is -0.477. The number of carbonyl (C=O) groups excluding carboxylic acids is 3. The predicted octanol–water partition coefficient (Wildman–Crippen LogP) is 2.12. The van der Waals surface area contributed by atoms with Crippen molar-refractivity contribution in [1.29, 1.82) is 0 Å². The summed E-state index contributed by atoms with van der Waals surface area (Å²) in [6.07, 6.45) is -0.0215. The first-order valence-electron chi connectivity index (χ1n) is 8.77. The van der Waals surface area contributed by atoms with Crippen molar-refractivity contribution >= 4 is 34.2 Å². The van der Waals surface area contributed by atoms with Crippen molar-refractivity contribution in [2.75, 3.05) is 11.9 Å². The average molecular weight is 404 g/mol. The van der Waals surface area contributed by atoms with Crippen LogP contribution in [0.1, 0.15) is 30.7 Å². The molecule has 150 valence electrons. The zero-order valence-electron chi connectivity index (χ0n) is 16.3. The van der Waals surface area contributed by atoms with Crippen LogP contribution in [0.25, 0.3) is 0 Å². The summed E-state index contributed by atoms with van der Waals surface area (Å²) in [5, 5.41) is 4.79. The van der Waals surface area contributed by atoms with Crippen LogP contribution in [0.3, 0.4) is 0 Å². The van der Waals surface area contributed by atoms with Gasteiger partial charge in [0.1, 0.15) is 5.75 Å². The second kappa shape index (κ2) is 9.84. The molecule has 0 atom stereocenters. The molecule has 0 saturated carbocycles. The monoisotopic (exact) mass is 404 g/mol. The quantitative estimate of drug-likeness (QED) is 0.613. The van der Waals surface area contributed by atoms with Crippen LogP contribution in [0.15, 0.2) is 23.6 Å². The van der Waals surface area contributed by atoms with Crippen LogP contribution in [0.5, 0.6) is 5.75 Å². The molecule has 2 aromatic rings. The first-order valence-corrected chi connectivity index (χ1v) is 9.65. The summed E-state index contributed by atoms with van der Waals surface area (Å²) in [4.78, 5) is 39.5. The Morgan fingerprint density at radius 1 is 1.11 bits per heavy atom. The predicted molar refractivity (Wildman–Crippen MR) is 107 cm³/mol. The van der Waals surface area contributed by atoms with Crippen molar-refractivity contribution in [3.05, 3.63) is 40.4 Å². The van der Waals surface area contributed by atoms with E-state index in [-0.39, 0.29) is 24.9 Å². The number of anilines is 1. The molecule has 0 spiro atoms. The summed E-state index contributed by atoms with van der Waals surface area (Å²) in [7, 11) is 0. The standard InChI is InChI=1S/C19H24N4O4S/c1-11(2)18(26)21-19-20-14(10-28-19)8-16(24)22-23-17(25)9-27-15-6-5-12(3)13(4)7-15/h5-7,10-11H,8-9H2,1-4H3,(H,22,24)(H,23,25)(H,20,21,26). The number of hydrogen-bond acceptors (Lipinski definition) is 6. The van der Waals surface area contributed by atoms with E-state index in [1.165, 1.54) is 11.3 Å². The molecule has 0 fully saturated rings. The number of hydrazine groups is 1. The SMILES string of the molecule is Cc1ccc(OCC(=O)NNC(=O)Cc2csc(NC(=O)C(C)C)n2)cc1C. The van der Waals surface area contributed by atoms with Crippen LogP contribution >= 0.6 is 11.3 Å². The second-order valence-corrected chi connectivity index (χ2v) is 7.45. The van der Waals surface area contributed by atoms with Gasteiger partial charge in [-0.05, 0) is 37.1 Å². The van der Waals surface area contributed by atoms with Crippen LogP contribution in [-0.4, -0.2) is 29.3 Å². The molecule has 3 N–H and O–H groups in total. The molecule has 28 heavy (non-hydrogen) atoms. The minimum absolute atomic E-state index is 0.0215. The van der Waals surface area contributed by atoms with Gasteiger partial charge in [0.2, 0.25) is 11.8 Å². The highest BCUT2D eigenvalue weighted by Crippen LogP contribution is 2.17. The van der Waals surface area contributed by atoms with Crippen LogP contribution in [-0.2, 0) is 20.8 Å². The average Bonchev–Trinajstić information content (AvgIpc) is 3.07. The molecule has 0 aliphatic carbocycles. The third kappa shape index (κ3) is 6.66. The van der Waals surface area contributed by atoms with Crippen molar-refractivity contribution < 1.29 is 19.1 Å². The Kier molecular flexibility index (Phi) is 7.51. The Balaban J connectivity index is 1.73. The number of benzene rings is 1. The Labute approximate surface area is 167 Å². The van der Waals surface area contributed by atoms with Crippen LogP contribution < -0.4 is 20.9 Å². The van der Waals surface area contributed by atoms with E-state index in [2.05, 4.69) is 21.2 Å². The number of aromatic nitrogens is 1. The minimum Gasteiger partial charge on any atom is -0.484 e. The molecular weight excluding hydrogens is 380 g/mol. The lowest BCUT2D eigenvalue weighted by Gasteiger charge is -2.09. The van der Waals surface area contributed by atoms with E-state index in [1.807, 2.05) is 26.0 Å². The lowest BCUT2D eigenvalue weighted by molar-refractivity contribution is -0.129. The number of carbonyl (C=O) groups is 3. The molecule has 8 nitrogen and oxygen atoms in total. The van der Waals surface area contributed by atoms with E-state index in [0.29, 0.717) is 16.6 Å². The van der Waals surface area contributed by atoms with E-state index in [1.54, 1.807) is 25.3 Å². The maximum absolute atomic E-state index is 11.9. The van der Waals surface area contributed by atoms with Gasteiger partial charge < -0.3 is 10.1 Å². The Morgan fingerprint density at radius 2 is 1.82 bits per heavy atom. The highest BCUT2D eigenvalue weighted by Gasteiger charge is 2.12. The van der Waals surface area contributed by atoms with Gasteiger partial charge in [-0.1, -0.05) is 19.9 Å². The first-order chi connectivity index (χ1) is 13.2. The second-order valence-electron chi connectivity index (χ2n) is 6.60. The lowest BCUT2D eigenvalue weighted by Crippen LogP contribution is -2.44. The van der Waals surface area contributed by atoms with E-state index in [4.69, 9.17) is 4.74 Å². The molecule has 0 radical (unpaired) electrons. The van der Waals surface area contributed by atoms with E-state index < -0.39 is 11.8 Å². The number of nitrogens with one attached hydrogen (secondary N) is 3. The topological polar surface area (TPSA) is 109 Å². The van der Waals surface area contributed by atoms with Gasteiger partial charge in [0.25, 0.3) is 5.91 Å². The fourth-order valence-electron chi connectivity index (χ4n) is 2.03. The van der Waals surface area contributed by atoms with Gasteiger partial charge in [0.15, 0.2) is 11.7 Å². The van der Waals surface area contributed by atoms with Gasteiger partial charge in [-0.3, -0.25) is 25.2 Å². The summed E-state index contributed by atoms with van der Waals surface area (Å²) < 4.78 is 5.40. The zero-order chi connectivity index (χ0) is 20.7. The summed E-state index contributed by atoms with van der Waals surface area (Å²) >= 11 is 1.24. The first kappa shape index (κ1) is 21.4. The molecule has 0 saturated heterocycles. The van der Waals surface area contributed by atoms with Crippen molar-refractivity contribution in [3.63, 3.8) is 0 Å². The maximum atomic E-state index is 11.9. The van der Waals surface area contributed by atoms with Gasteiger partial charge in [0, 0.05) is 11.3 Å². The molecule has 0 aliphatic heterocycles. The number of ether oxygens (including phenoxy) is 1.